The second-order valence-corrected chi connectivity index (χ2v) is 3.88. The van der Waals surface area contributed by atoms with Crippen molar-refractivity contribution in [2.45, 2.75) is 26.3 Å². The molecule has 0 aliphatic carbocycles. The number of rotatable bonds is 2. The number of thiocarbonyl (C=S) groups is 1. The second-order valence-electron chi connectivity index (χ2n) is 3.50. The van der Waals surface area contributed by atoms with Crippen molar-refractivity contribution in [2.75, 3.05) is 26.2 Å². The van der Waals surface area contributed by atoms with E-state index in [1.165, 1.54) is 0 Å². The van der Waals surface area contributed by atoms with Gasteiger partial charge in [0.05, 0.1) is 0 Å². The highest BCUT2D eigenvalue weighted by molar-refractivity contribution is 7.80. The highest BCUT2D eigenvalue weighted by Crippen LogP contribution is 1.96. The van der Waals surface area contributed by atoms with Gasteiger partial charge in [0.2, 0.25) is 0 Å². The van der Waals surface area contributed by atoms with Gasteiger partial charge in [-0.1, -0.05) is 6.92 Å². The van der Waals surface area contributed by atoms with Crippen LogP contribution in [-0.4, -0.2) is 42.2 Å². The Morgan fingerprint density at radius 3 is 2.69 bits per heavy atom. The van der Waals surface area contributed by atoms with E-state index in [0.29, 0.717) is 6.04 Å². The summed E-state index contributed by atoms with van der Waals surface area (Å²) >= 11 is 5.30. The van der Waals surface area contributed by atoms with E-state index in [1.807, 2.05) is 0 Å². The van der Waals surface area contributed by atoms with Gasteiger partial charge in [-0.15, -0.1) is 0 Å². The highest BCUT2D eigenvalue weighted by Gasteiger charge is 2.13. The molecule has 1 heterocycles. The Morgan fingerprint density at radius 1 is 1.54 bits per heavy atom. The lowest BCUT2D eigenvalue weighted by molar-refractivity contribution is 0.349. The maximum absolute atomic E-state index is 5.30. The van der Waals surface area contributed by atoms with E-state index in [2.05, 4.69) is 29.4 Å². The Bertz CT molecular complexity index is 166. The van der Waals surface area contributed by atoms with Gasteiger partial charge < -0.3 is 15.5 Å². The van der Waals surface area contributed by atoms with E-state index in [0.717, 1.165) is 37.7 Å². The SMILES string of the molecule is CCC(C)NC(=S)N1CCNCC1. The molecule has 0 bridgehead atoms. The highest BCUT2D eigenvalue weighted by atomic mass is 32.1. The Hall–Kier alpha value is -0.350. The smallest absolute Gasteiger partial charge is 0.169 e. The molecule has 0 aromatic heterocycles. The fourth-order valence-corrected chi connectivity index (χ4v) is 1.66. The lowest BCUT2D eigenvalue weighted by atomic mass is 10.3. The third-order valence-electron chi connectivity index (χ3n) is 2.39. The molecule has 3 nitrogen and oxygen atoms in total. The summed E-state index contributed by atoms with van der Waals surface area (Å²) in [5, 5.41) is 7.55. The molecule has 0 aromatic carbocycles. The molecular formula is C9H19N3S. The van der Waals surface area contributed by atoms with Crippen LogP contribution in [0.1, 0.15) is 20.3 Å². The van der Waals surface area contributed by atoms with Crippen LogP contribution in [0.2, 0.25) is 0 Å². The predicted octanol–water partition coefficient (Wildman–Crippen LogP) is 0.565. The molecule has 1 aliphatic rings. The summed E-state index contributed by atoms with van der Waals surface area (Å²) in [5.41, 5.74) is 0. The monoisotopic (exact) mass is 201 g/mol. The van der Waals surface area contributed by atoms with Gasteiger partial charge in [-0.25, -0.2) is 0 Å². The van der Waals surface area contributed by atoms with E-state index < -0.39 is 0 Å². The molecule has 1 fully saturated rings. The molecule has 1 aliphatic heterocycles. The van der Waals surface area contributed by atoms with Gasteiger partial charge in [-0.3, -0.25) is 0 Å². The molecule has 1 rings (SSSR count). The van der Waals surface area contributed by atoms with E-state index in [-0.39, 0.29) is 0 Å². The Morgan fingerprint density at radius 2 is 2.15 bits per heavy atom. The van der Waals surface area contributed by atoms with Crippen molar-refractivity contribution >= 4 is 17.3 Å². The van der Waals surface area contributed by atoms with Crippen molar-refractivity contribution in [1.82, 2.24) is 15.5 Å². The van der Waals surface area contributed by atoms with Crippen LogP contribution in [0.5, 0.6) is 0 Å². The molecule has 0 aromatic rings. The van der Waals surface area contributed by atoms with Gasteiger partial charge in [-0.2, -0.15) is 0 Å². The van der Waals surface area contributed by atoms with Crippen LogP contribution in [0.3, 0.4) is 0 Å². The number of hydrogen-bond donors (Lipinski definition) is 2. The number of nitrogens with zero attached hydrogens (tertiary/aromatic N) is 1. The first kappa shape index (κ1) is 10.7. The van der Waals surface area contributed by atoms with Gasteiger partial charge in [-0.05, 0) is 25.6 Å². The molecule has 0 amide bonds. The quantitative estimate of drug-likeness (QED) is 0.639. The summed E-state index contributed by atoms with van der Waals surface area (Å²) in [5.74, 6) is 0. The van der Waals surface area contributed by atoms with Gasteiger partial charge in [0.1, 0.15) is 0 Å². The third kappa shape index (κ3) is 3.48. The average Bonchev–Trinajstić information content (AvgIpc) is 2.19. The summed E-state index contributed by atoms with van der Waals surface area (Å²) in [4.78, 5) is 2.23. The molecule has 1 saturated heterocycles. The zero-order valence-electron chi connectivity index (χ0n) is 8.47. The first-order valence-electron chi connectivity index (χ1n) is 5.00. The van der Waals surface area contributed by atoms with Crippen LogP contribution < -0.4 is 10.6 Å². The number of hydrogen-bond acceptors (Lipinski definition) is 2. The Labute approximate surface area is 85.9 Å². The van der Waals surface area contributed by atoms with E-state index >= 15 is 0 Å². The van der Waals surface area contributed by atoms with Crippen LogP contribution in [0.25, 0.3) is 0 Å². The van der Waals surface area contributed by atoms with Gasteiger partial charge in [0.15, 0.2) is 5.11 Å². The normalized spacial score (nSPS) is 19.7. The topological polar surface area (TPSA) is 27.3 Å². The van der Waals surface area contributed by atoms with Crippen LogP contribution in [-0.2, 0) is 0 Å². The van der Waals surface area contributed by atoms with Gasteiger partial charge in [0.25, 0.3) is 0 Å². The zero-order chi connectivity index (χ0) is 9.68. The summed E-state index contributed by atoms with van der Waals surface area (Å²) < 4.78 is 0. The lowest BCUT2D eigenvalue weighted by Gasteiger charge is -2.31. The van der Waals surface area contributed by atoms with Crippen molar-refractivity contribution in [3.63, 3.8) is 0 Å². The molecule has 13 heavy (non-hydrogen) atoms. The van der Waals surface area contributed by atoms with E-state index in [1.54, 1.807) is 0 Å². The largest absolute Gasteiger partial charge is 0.360 e. The van der Waals surface area contributed by atoms with Crippen LogP contribution in [0.15, 0.2) is 0 Å². The fourth-order valence-electron chi connectivity index (χ4n) is 1.27. The predicted molar refractivity (Wildman–Crippen MR) is 59.9 cm³/mol. The minimum atomic E-state index is 0.488. The van der Waals surface area contributed by atoms with E-state index in [4.69, 9.17) is 12.2 Å². The van der Waals surface area contributed by atoms with Gasteiger partial charge in [0, 0.05) is 32.2 Å². The summed E-state index contributed by atoms with van der Waals surface area (Å²) in [6.45, 7) is 8.47. The van der Waals surface area contributed by atoms with Crippen molar-refractivity contribution in [2.24, 2.45) is 0 Å². The third-order valence-corrected chi connectivity index (χ3v) is 2.76. The van der Waals surface area contributed by atoms with Crippen molar-refractivity contribution < 1.29 is 0 Å². The molecular weight excluding hydrogens is 182 g/mol. The number of piperazine rings is 1. The first-order valence-corrected chi connectivity index (χ1v) is 5.41. The average molecular weight is 201 g/mol. The second kappa shape index (κ2) is 5.40. The summed E-state index contributed by atoms with van der Waals surface area (Å²) in [7, 11) is 0. The summed E-state index contributed by atoms with van der Waals surface area (Å²) in [6, 6.07) is 0.488. The standard InChI is InChI=1S/C9H19N3S/c1-3-8(2)11-9(13)12-6-4-10-5-7-12/h8,10H,3-7H2,1-2H3,(H,11,13). The minimum absolute atomic E-state index is 0.488. The molecule has 76 valence electrons. The van der Waals surface area contributed by atoms with Crippen LogP contribution >= 0.6 is 12.2 Å². The lowest BCUT2D eigenvalue weighted by Crippen LogP contribution is -2.51. The van der Waals surface area contributed by atoms with Crippen LogP contribution in [0.4, 0.5) is 0 Å². The molecule has 1 unspecified atom stereocenters. The zero-order valence-corrected chi connectivity index (χ0v) is 9.28. The van der Waals surface area contributed by atoms with Crippen molar-refractivity contribution in [3.05, 3.63) is 0 Å². The maximum Gasteiger partial charge on any atom is 0.169 e. The maximum atomic E-state index is 5.30. The van der Waals surface area contributed by atoms with Crippen molar-refractivity contribution in [1.29, 1.82) is 0 Å². The first-order chi connectivity index (χ1) is 6.24. The minimum Gasteiger partial charge on any atom is -0.360 e. The molecule has 1 atom stereocenters. The molecule has 4 heteroatoms. The van der Waals surface area contributed by atoms with E-state index in [9.17, 15) is 0 Å². The fraction of sp³-hybridized carbons (Fsp3) is 0.889. The summed E-state index contributed by atoms with van der Waals surface area (Å²) in [6.07, 6.45) is 1.12. The Kier molecular flexibility index (Phi) is 4.45. The molecule has 0 saturated carbocycles. The van der Waals surface area contributed by atoms with Gasteiger partial charge >= 0.3 is 0 Å². The van der Waals surface area contributed by atoms with Crippen molar-refractivity contribution in [3.8, 4) is 0 Å². The molecule has 0 radical (unpaired) electrons. The Balaban J connectivity index is 2.29. The molecule has 0 spiro atoms. The number of nitrogens with one attached hydrogen (secondary N) is 2. The molecule has 2 N–H and O–H groups in total. The van der Waals surface area contributed by atoms with Crippen LogP contribution in [0, 0.1) is 0 Å².